The maximum Gasteiger partial charge on any atom is 0.311 e. The summed E-state index contributed by atoms with van der Waals surface area (Å²) in [6.07, 6.45) is 0.667. The second-order valence-electron chi connectivity index (χ2n) is 4.48. The van der Waals surface area contributed by atoms with Gasteiger partial charge in [0.05, 0.1) is 21.6 Å². The highest BCUT2D eigenvalue weighted by Crippen LogP contribution is 2.23. The zero-order chi connectivity index (χ0) is 14.7. The second kappa shape index (κ2) is 6.01. The molecule has 0 spiro atoms. The third kappa shape index (κ3) is 3.25. The summed E-state index contributed by atoms with van der Waals surface area (Å²) < 4.78 is 19.5. The molecule has 0 unspecified atom stereocenters. The smallest absolute Gasteiger partial charge is 0.311 e. The molecule has 106 valence electrons. The number of nitrogens with zero attached hydrogens (tertiary/aromatic N) is 1. The van der Waals surface area contributed by atoms with Gasteiger partial charge in [0.2, 0.25) is 0 Å². The van der Waals surface area contributed by atoms with Crippen LogP contribution in [0.1, 0.15) is 11.4 Å². The van der Waals surface area contributed by atoms with Gasteiger partial charge in [-0.1, -0.05) is 24.3 Å². The third-order valence-electron chi connectivity index (χ3n) is 2.94. The molecule has 3 aromatic rings. The van der Waals surface area contributed by atoms with E-state index in [0.29, 0.717) is 6.42 Å². The van der Waals surface area contributed by atoms with Crippen molar-refractivity contribution in [2.75, 3.05) is 0 Å². The fraction of sp³-hybridized carbons (Fsp3) is 0.125. The van der Waals surface area contributed by atoms with E-state index in [1.54, 1.807) is 23.5 Å². The van der Waals surface area contributed by atoms with Gasteiger partial charge in [0, 0.05) is 6.42 Å². The fourth-order valence-electron chi connectivity index (χ4n) is 1.94. The quantitative estimate of drug-likeness (QED) is 0.540. The normalized spacial score (nSPS) is 10.7. The van der Waals surface area contributed by atoms with E-state index in [-0.39, 0.29) is 12.2 Å². The average Bonchev–Trinajstić information content (AvgIpc) is 2.90. The molecule has 3 nitrogen and oxygen atoms in total. The lowest BCUT2D eigenvalue weighted by Crippen LogP contribution is -2.09. The lowest BCUT2D eigenvalue weighted by molar-refractivity contribution is -0.134. The van der Waals surface area contributed by atoms with Crippen LogP contribution < -0.4 is 4.74 Å². The molecule has 3 rings (SSSR count). The summed E-state index contributed by atoms with van der Waals surface area (Å²) in [7, 11) is 0. The minimum atomic E-state index is -0.536. The monoisotopic (exact) mass is 301 g/mol. The zero-order valence-electron chi connectivity index (χ0n) is 11.1. The van der Waals surface area contributed by atoms with Crippen molar-refractivity contribution in [2.24, 2.45) is 0 Å². The number of carbonyl (C=O) groups is 1. The van der Waals surface area contributed by atoms with Crippen LogP contribution in [0.15, 0.2) is 48.5 Å². The number of hydrogen-bond donors (Lipinski definition) is 0. The van der Waals surface area contributed by atoms with Crippen LogP contribution in [0, 0.1) is 5.82 Å². The summed E-state index contributed by atoms with van der Waals surface area (Å²) in [4.78, 5) is 16.2. The summed E-state index contributed by atoms with van der Waals surface area (Å²) >= 11 is 1.56. The number of halogens is 1. The Balaban J connectivity index is 1.62. The number of fused-ring (bicyclic) bond motifs is 1. The molecule has 0 N–H and O–H groups in total. The van der Waals surface area contributed by atoms with Crippen molar-refractivity contribution in [2.45, 2.75) is 12.8 Å². The Bertz CT molecular complexity index is 752. The molecule has 0 aliphatic carbocycles. The van der Waals surface area contributed by atoms with Crippen LogP contribution in [0.2, 0.25) is 0 Å². The number of para-hydroxylation sites is 2. The summed E-state index contributed by atoms with van der Waals surface area (Å²) in [5, 5.41) is 0.877. The Labute approximate surface area is 125 Å². The number of carbonyl (C=O) groups excluding carboxylic acids is 1. The van der Waals surface area contributed by atoms with Crippen molar-refractivity contribution in [3.63, 3.8) is 0 Å². The fourth-order valence-corrected chi connectivity index (χ4v) is 2.90. The van der Waals surface area contributed by atoms with E-state index in [1.807, 2.05) is 24.3 Å². The Hall–Kier alpha value is -2.27. The Morgan fingerprint density at radius 1 is 1.14 bits per heavy atom. The molecule has 0 amide bonds. The molecule has 1 aromatic heterocycles. The summed E-state index contributed by atoms with van der Waals surface area (Å²) in [5.74, 6) is -1.03. The summed E-state index contributed by atoms with van der Waals surface area (Å²) in [6, 6.07) is 13.7. The van der Waals surface area contributed by atoms with Gasteiger partial charge in [-0.05, 0) is 24.3 Å². The second-order valence-corrected chi connectivity index (χ2v) is 5.60. The summed E-state index contributed by atoms with van der Waals surface area (Å²) in [5.41, 5.74) is 0.931. The van der Waals surface area contributed by atoms with Crippen LogP contribution in [0.3, 0.4) is 0 Å². The van der Waals surface area contributed by atoms with Gasteiger partial charge in [-0.3, -0.25) is 4.79 Å². The van der Waals surface area contributed by atoms with Crippen LogP contribution in [-0.2, 0) is 11.2 Å². The maximum absolute atomic E-state index is 13.4. The van der Waals surface area contributed by atoms with Gasteiger partial charge in [0.1, 0.15) is 0 Å². The third-order valence-corrected chi connectivity index (χ3v) is 4.04. The number of aromatic nitrogens is 1. The van der Waals surface area contributed by atoms with Gasteiger partial charge in [0.25, 0.3) is 0 Å². The van der Waals surface area contributed by atoms with Crippen LogP contribution in [0.4, 0.5) is 4.39 Å². The predicted molar refractivity (Wildman–Crippen MR) is 80.0 cm³/mol. The van der Waals surface area contributed by atoms with Crippen molar-refractivity contribution < 1.29 is 13.9 Å². The molecule has 21 heavy (non-hydrogen) atoms. The highest BCUT2D eigenvalue weighted by molar-refractivity contribution is 7.18. The van der Waals surface area contributed by atoms with Gasteiger partial charge >= 0.3 is 5.97 Å². The van der Waals surface area contributed by atoms with E-state index < -0.39 is 11.8 Å². The Kier molecular flexibility index (Phi) is 3.92. The first-order valence-electron chi connectivity index (χ1n) is 6.52. The van der Waals surface area contributed by atoms with Gasteiger partial charge in [0.15, 0.2) is 11.6 Å². The van der Waals surface area contributed by atoms with E-state index in [0.717, 1.165) is 15.2 Å². The van der Waals surface area contributed by atoms with Crippen molar-refractivity contribution in [3.8, 4) is 5.75 Å². The molecule has 1 heterocycles. The molecule has 0 fully saturated rings. The standard InChI is InChI=1S/C16H12FNO2S/c17-11-5-1-3-7-13(11)20-16(19)10-9-15-18-12-6-2-4-8-14(12)21-15/h1-8H,9-10H2. The Morgan fingerprint density at radius 2 is 1.90 bits per heavy atom. The zero-order valence-corrected chi connectivity index (χ0v) is 11.9. The predicted octanol–water partition coefficient (Wildman–Crippen LogP) is 3.97. The van der Waals surface area contributed by atoms with Crippen molar-refractivity contribution >= 4 is 27.5 Å². The number of aryl methyl sites for hydroxylation is 1. The number of hydrogen-bond acceptors (Lipinski definition) is 4. The minimum Gasteiger partial charge on any atom is -0.423 e. The van der Waals surface area contributed by atoms with E-state index >= 15 is 0 Å². The number of ether oxygens (including phenoxy) is 1. The lowest BCUT2D eigenvalue weighted by Gasteiger charge is -2.03. The van der Waals surface area contributed by atoms with E-state index in [1.165, 1.54) is 12.1 Å². The van der Waals surface area contributed by atoms with E-state index in [9.17, 15) is 9.18 Å². The number of thiazole rings is 1. The minimum absolute atomic E-state index is 0.0354. The van der Waals surface area contributed by atoms with Gasteiger partial charge in [-0.2, -0.15) is 0 Å². The van der Waals surface area contributed by atoms with Crippen LogP contribution in [-0.4, -0.2) is 11.0 Å². The molecule has 2 aromatic carbocycles. The van der Waals surface area contributed by atoms with Crippen molar-refractivity contribution in [1.29, 1.82) is 0 Å². The SMILES string of the molecule is O=C(CCc1nc2ccccc2s1)Oc1ccccc1F. The first-order valence-corrected chi connectivity index (χ1v) is 7.34. The number of esters is 1. The molecule has 0 aliphatic rings. The number of rotatable bonds is 4. The highest BCUT2D eigenvalue weighted by Gasteiger charge is 2.11. The highest BCUT2D eigenvalue weighted by atomic mass is 32.1. The summed E-state index contributed by atoms with van der Waals surface area (Å²) in [6.45, 7) is 0. The van der Waals surface area contributed by atoms with Crippen molar-refractivity contribution in [3.05, 3.63) is 59.4 Å². The molecule has 0 radical (unpaired) electrons. The largest absolute Gasteiger partial charge is 0.423 e. The lowest BCUT2D eigenvalue weighted by atomic mass is 10.3. The van der Waals surface area contributed by atoms with E-state index in [4.69, 9.17) is 4.74 Å². The maximum atomic E-state index is 13.4. The first kappa shape index (κ1) is 13.7. The van der Waals surface area contributed by atoms with Gasteiger partial charge in [-0.25, -0.2) is 9.37 Å². The molecular weight excluding hydrogens is 289 g/mol. The van der Waals surface area contributed by atoms with E-state index in [2.05, 4.69) is 4.98 Å². The molecule has 0 atom stereocenters. The van der Waals surface area contributed by atoms with Crippen LogP contribution in [0.25, 0.3) is 10.2 Å². The van der Waals surface area contributed by atoms with Crippen molar-refractivity contribution in [1.82, 2.24) is 4.98 Å². The molecule has 0 saturated heterocycles. The average molecular weight is 301 g/mol. The van der Waals surface area contributed by atoms with Gasteiger partial charge < -0.3 is 4.74 Å². The first-order chi connectivity index (χ1) is 10.2. The molecule has 0 saturated carbocycles. The van der Waals surface area contributed by atoms with Crippen LogP contribution >= 0.6 is 11.3 Å². The molecule has 5 heteroatoms. The molecular formula is C16H12FNO2S. The number of benzene rings is 2. The topological polar surface area (TPSA) is 39.2 Å². The van der Waals surface area contributed by atoms with Crippen LogP contribution in [0.5, 0.6) is 5.75 Å². The molecule has 0 aliphatic heterocycles. The van der Waals surface area contributed by atoms with Gasteiger partial charge in [-0.15, -0.1) is 11.3 Å². The Morgan fingerprint density at radius 3 is 2.71 bits per heavy atom. The molecule has 0 bridgehead atoms.